The van der Waals surface area contributed by atoms with Gasteiger partial charge in [-0.1, -0.05) is 18.2 Å². The summed E-state index contributed by atoms with van der Waals surface area (Å²) in [6, 6.07) is 13.5. The predicted octanol–water partition coefficient (Wildman–Crippen LogP) is 2.35. The Morgan fingerprint density at radius 2 is 1.76 bits per heavy atom. The van der Waals surface area contributed by atoms with E-state index >= 15 is 0 Å². The van der Waals surface area contributed by atoms with Gasteiger partial charge in [0.15, 0.2) is 17.5 Å². The van der Waals surface area contributed by atoms with Crippen molar-refractivity contribution >= 4 is 11.6 Å². The highest BCUT2D eigenvalue weighted by Crippen LogP contribution is 2.28. The maximum Gasteiger partial charge on any atom is 0.193 e. The lowest BCUT2D eigenvalue weighted by Crippen LogP contribution is -2.52. The summed E-state index contributed by atoms with van der Waals surface area (Å²) >= 11 is 0. The van der Waals surface area contributed by atoms with Crippen molar-refractivity contribution in [2.75, 3.05) is 58.9 Å². The van der Waals surface area contributed by atoms with E-state index in [2.05, 4.69) is 26.2 Å². The van der Waals surface area contributed by atoms with Crippen LogP contribution in [-0.4, -0.2) is 70.0 Å². The molecule has 0 radical (unpaired) electrons. The third kappa shape index (κ3) is 5.04. The number of guanidine groups is 1. The van der Waals surface area contributed by atoms with Gasteiger partial charge in [0.1, 0.15) is 5.75 Å². The van der Waals surface area contributed by atoms with E-state index in [4.69, 9.17) is 9.47 Å². The quantitative estimate of drug-likeness (QED) is 0.575. The van der Waals surface area contributed by atoms with Crippen LogP contribution in [0.2, 0.25) is 0 Å². The number of phenolic OH excluding ortho intramolecular Hbond substituents is 1. The van der Waals surface area contributed by atoms with Crippen molar-refractivity contribution in [1.82, 2.24) is 10.2 Å². The Kier molecular flexibility index (Phi) is 7.05. The molecule has 1 saturated heterocycles. The third-order valence-electron chi connectivity index (χ3n) is 5.16. The van der Waals surface area contributed by atoms with E-state index in [-0.39, 0.29) is 0 Å². The number of aromatic hydroxyl groups is 1. The number of rotatable bonds is 6. The Hall–Kier alpha value is -3.09. The minimum Gasteiger partial charge on any atom is -0.506 e. The lowest BCUT2D eigenvalue weighted by molar-refractivity contribution is 0.354. The number of phenols is 1. The summed E-state index contributed by atoms with van der Waals surface area (Å²) in [6.07, 6.45) is 0.858. The molecule has 0 aromatic heterocycles. The minimum absolute atomic E-state index is 0.332. The smallest absolute Gasteiger partial charge is 0.193 e. The van der Waals surface area contributed by atoms with Crippen LogP contribution in [0.1, 0.15) is 5.56 Å². The van der Waals surface area contributed by atoms with Gasteiger partial charge in [-0.25, -0.2) is 0 Å². The van der Waals surface area contributed by atoms with Crippen LogP contribution in [0.3, 0.4) is 0 Å². The number of nitrogens with one attached hydrogen (secondary N) is 1. The summed E-state index contributed by atoms with van der Waals surface area (Å²) in [5, 5.41) is 13.5. The monoisotopic (exact) mass is 398 g/mol. The van der Waals surface area contributed by atoms with Gasteiger partial charge in [0, 0.05) is 39.8 Å². The fourth-order valence-corrected chi connectivity index (χ4v) is 3.58. The molecular formula is C22H30N4O3. The number of benzene rings is 2. The number of ether oxygens (including phenoxy) is 2. The highest BCUT2D eigenvalue weighted by Gasteiger charge is 2.21. The Balaban J connectivity index is 1.51. The molecule has 2 aromatic carbocycles. The number of aliphatic imine (C=N–C) groups is 1. The van der Waals surface area contributed by atoms with Crippen LogP contribution in [0, 0.1) is 0 Å². The summed E-state index contributed by atoms with van der Waals surface area (Å²) in [5.74, 6) is 2.72. The first-order valence-corrected chi connectivity index (χ1v) is 9.85. The van der Waals surface area contributed by atoms with Crippen LogP contribution in [0.5, 0.6) is 17.2 Å². The number of nitrogens with zero attached hydrogens (tertiary/aromatic N) is 3. The molecule has 7 nitrogen and oxygen atoms in total. The molecule has 0 unspecified atom stereocenters. The highest BCUT2D eigenvalue weighted by atomic mass is 16.5. The lowest BCUT2D eigenvalue weighted by Gasteiger charge is -2.37. The zero-order valence-corrected chi connectivity index (χ0v) is 17.4. The summed E-state index contributed by atoms with van der Waals surface area (Å²) < 4.78 is 10.7. The van der Waals surface area contributed by atoms with Crippen molar-refractivity contribution in [2.24, 2.45) is 4.99 Å². The molecule has 1 aliphatic heterocycles. The summed E-state index contributed by atoms with van der Waals surface area (Å²) in [4.78, 5) is 8.90. The van der Waals surface area contributed by atoms with E-state index in [0.29, 0.717) is 5.75 Å². The highest BCUT2D eigenvalue weighted by molar-refractivity contribution is 5.80. The number of piperazine rings is 1. The zero-order chi connectivity index (χ0) is 20.6. The fraction of sp³-hybridized carbons (Fsp3) is 0.409. The minimum atomic E-state index is 0.332. The molecule has 0 spiro atoms. The second-order valence-corrected chi connectivity index (χ2v) is 6.88. The SMILES string of the molecule is CN=C(NCCc1ccc(OC)c(OC)c1)N1CCN(c2ccccc2O)CC1. The molecule has 0 bridgehead atoms. The molecule has 3 rings (SSSR count). The van der Waals surface area contributed by atoms with Gasteiger partial charge in [-0.2, -0.15) is 0 Å². The number of hydrogen-bond acceptors (Lipinski definition) is 5. The van der Waals surface area contributed by atoms with Crippen molar-refractivity contribution in [3.05, 3.63) is 48.0 Å². The third-order valence-corrected chi connectivity index (χ3v) is 5.16. The van der Waals surface area contributed by atoms with Crippen molar-refractivity contribution in [2.45, 2.75) is 6.42 Å². The molecule has 0 amide bonds. The van der Waals surface area contributed by atoms with Gasteiger partial charge in [0.2, 0.25) is 0 Å². The largest absolute Gasteiger partial charge is 0.506 e. The molecule has 29 heavy (non-hydrogen) atoms. The number of anilines is 1. The van der Waals surface area contributed by atoms with Gasteiger partial charge >= 0.3 is 0 Å². The second-order valence-electron chi connectivity index (χ2n) is 6.88. The van der Waals surface area contributed by atoms with Crippen LogP contribution in [0.25, 0.3) is 0 Å². The van der Waals surface area contributed by atoms with Crippen molar-refractivity contribution in [3.8, 4) is 17.2 Å². The Morgan fingerprint density at radius 3 is 2.41 bits per heavy atom. The topological polar surface area (TPSA) is 69.6 Å². The summed E-state index contributed by atoms with van der Waals surface area (Å²) in [6.45, 7) is 4.17. The standard InChI is InChI=1S/C22H30N4O3/c1-23-22(24-11-10-17-8-9-20(28-2)21(16-17)29-3)26-14-12-25(13-15-26)18-6-4-5-7-19(18)27/h4-9,16,27H,10-15H2,1-3H3,(H,23,24). The van der Waals surface area contributed by atoms with Crippen molar-refractivity contribution in [3.63, 3.8) is 0 Å². The summed E-state index contributed by atoms with van der Waals surface area (Å²) in [7, 11) is 5.10. The Bertz CT molecular complexity index is 833. The second kappa shape index (κ2) is 9.91. The van der Waals surface area contributed by atoms with Gasteiger partial charge in [0.25, 0.3) is 0 Å². The van der Waals surface area contributed by atoms with Crippen LogP contribution < -0.4 is 19.7 Å². The van der Waals surface area contributed by atoms with Crippen molar-refractivity contribution in [1.29, 1.82) is 0 Å². The van der Waals surface area contributed by atoms with Gasteiger partial charge in [-0.3, -0.25) is 4.99 Å². The van der Waals surface area contributed by atoms with E-state index in [1.54, 1.807) is 20.3 Å². The Morgan fingerprint density at radius 1 is 1.03 bits per heavy atom. The van der Waals surface area contributed by atoms with Gasteiger partial charge in [0.05, 0.1) is 19.9 Å². The van der Waals surface area contributed by atoms with Gasteiger partial charge < -0.3 is 29.7 Å². The number of methoxy groups -OCH3 is 2. The average Bonchev–Trinajstić information content (AvgIpc) is 2.77. The molecule has 2 N–H and O–H groups in total. The molecule has 1 aliphatic rings. The first-order chi connectivity index (χ1) is 14.2. The zero-order valence-electron chi connectivity index (χ0n) is 17.4. The normalized spacial score (nSPS) is 14.7. The van der Waals surface area contributed by atoms with E-state index in [9.17, 15) is 5.11 Å². The summed E-state index contributed by atoms with van der Waals surface area (Å²) in [5.41, 5.74) is 2.07. The maximum atomic E-state index is 10.1. The first-order valence-electron chi connectivity index (χ1n) is 9.85. The first kappa shape index (κ1) is 20.6. The molecule has 1 heterocycles. The van der Waals surface area contributed by atoms with E-state index in [0.717, 1.165) is 62.3 Å². The molecule has 7 heteroatoms. The van der Waals surface area contributed by atoms with Gasteiger partial charge in [-0.05, 0) is 36.2 Å². The molecule has 1 fully saturated rings. The van der Waals surface area contributed by atoms with E-state index in [1.165, 1.54) is 5.56 Å². The van der Waals surface area contributed by atoms with Gasteiger partial charge in [-0.15, -0.1) is 0 Å². The van der Waals surface area contributed by atoms with E-state index < -0.39 is 0 Å². The fourth-order valence-electron chi connectivity index (χ4n) is 3.58. The Labute approximate surface area is 172 Å². The molecule has 2 aromatic rings. The van der Waals surface area contributed by atoms with E-state index in [1.807, 2.05) is 37.4 Å². The van der Waals surface area contributed by atoms with Crippen LogP contribution in [0.15, 0.2) is 47.5 Å². The average molecular weight is 399 g/mol. The van der Waals surface area contributed by atoms with Crippen LogP contribution >= 0.6 is 0 Å². The van der Waals surface area contributed by atoms with Crippen LogP contribution in [0.4, 0.5) is 5.69 Å². The van der Waals surface area contributed by atoms with Crippen molar-refractivity contribution < 1.29 is 14.6 Å². The maximum absolute atomic E-state index is 10.1. The van der Waals surface area contributed by atoms with Crippen LogP contribution in [-0.2, 0) is 6.42 Å². The number of hydrogen-bond donors (Lipinski definition) is 2. The number of para-hydroxylation sites is 2. The lowest BCUT2D eigenvalue weighted by atomic mass is 10.1. The molecule has 0 aliphatic carbocycles. The molecular weight excluding hydrogens is 368 g/mol. The molecule has 156 valence electrons. The molecule has 0 atom stereocenters. The predicted molar refractivity (Wildman–Crippen MR) is 117 cm³/mol. The molecule has 0 saturated carbocycles.